The molecule has 2 amide bonds. The third kappa shape index (κ3) is 3.44. The van der Waals surface area contributed by atoms with Crippen molar-refractivity contribution in [1.29, 1.82) is 0 Å². The van der Waals surface area contributed by atoms with Crippen molar-refractivity contribution in [2.45, 2.75) is 25.8 Å². The van der Waals surface area contributed by atoms with E-state index in [1.807, 2.05) is 34.5 Å². The first kappa shape index (κ1) is 16.3. The summed E-state index contributed by atoms with van der Waals surface area (Å²) < 4.78 is 0. The molecule has 130 valence electrons. The second-order valence-corrected chi connectivity index (χ2v) is 8.05. The summed E-state index contributed by atoms with van der Waals surface area (Å²) in [4.78, 5) is 32.0. The molecule has 1 spiro atoms. The molecule has 1 N–H and O–H groups in total. The predicted octanol–water partition coefficient (Wildman–Crippen LogP) is 2.24. The third-order valence-electron chi connectivity index (χ3n) is 5.34. The van der Waals surface area contributed by atoms with Gasteiger partial charge in [-0.25, -0.2) is 0 Å². The van der Waals surface area contributed by atoms with Crippen molar-refractivity contribution in [3.8, 4) is 0 Å². The Labute approximate surface area is 151 Å². The molecule has 1 saturated heterocycles. The number of pyridine rings is 1. The quantitative estimate of drug-likeness (QED) is 0.895. The SMILES string of the molecule is O=C(NCc1cccnc1)[C@H]1C[C@@]12CCN(C(=O)Cc1cccs1)C2. The van der Waals surface area contributed by atoms with Gasteiger partial charge >= 0.3 is 0 Å². The maximum absolute atomic E-state index is 12.4. The van der Waals surface area contributed by atoms with Gasteiger partial charge in [0.1, 0.15) is 0 Å². The first-order chi connectivity index (χ1) is 12.2. The number of amides is 2. The zero-order chi connectivity index (χ0) is 17.3. The number of nitrogens with zero attached hydrogens (tertiary/aromatic N) is 2. The van der Waals surface area contributed by atoms with E-state index in [0.717, 1.165) is 36.4 Å². The molecule has 2 fully saturated rings. The lowest BCUT2D eigenvalue weighted by atomic mass is 10.0. The maximum atomic E-state index is 12.4. The van der Waals surface area contributed by atoms with Crippen molar-refractivity contribution in [2.24, 2.45) is 11.3 Å². The lowest BCUT2D eigenvalue weighted by Crippen LogP contribution is -2.32. The molecule has 2 aromatic heterocycles. The number of hydrogen-bond acceptors (Lipinski definition) is 4. The van der Waals surface area contributed by atoms with Gasteiger partial charge in [-0.3, -0.25) is 14.6 Å². The Kier molecular flexibility index (Phi) is 4.29. The highest BCUT2D eigenvalue weighted by Crippen LogP contribution is 2.58. The molecule has 2 aliphatic rings. The van der Waals surface area contributed by atoms with E-state index < -0.39 is 0 Å². The zero-order valence-electron chi connectivity index (χ0n) is 14.0. The van der Waals surface area contributed by atoms with Gasteiger partial charge in [-0.1, -0.05) is 12.1 Å². The monoisotopic (exact) mass is 355 g/mol. The number of rotatable bonds is 5. The van der Waals surface area contributed by atoms with E-state index >= 15 is 0 Å². The van der Waals surface area contributed by atoms with Gasteiger partial charge in [0.25, 0.3) is 0 Å². The Bertz CT molecular complexity index is 762. The lowest BCUT2D eigenvalue weighted by molar-refractivity contribution is -0.130. The molecule has 0 aromatic carbocycles. The normalized spacial score (nSPS) is 24.5. The number of thiophene rings is 1. The summed E-state index contributed by atoms with van der Waals surface area (Å²) in [5.41, 5.74) is 1.02. The van der Waals surface area contributed by atoms with Crippen molar-refractivity contribution in [3.05, 3.63) is 52.5 Å². The minimum Gasteiger partial charge on any atom is -0.352 e. The van der Waals surface area contributed by atoms with Crippen LogP contribution in [-0.2, 0) is 22.6 Å². The van der Waals surface area contributed by atoms with Gasteiger partial charge in [-0.2, -0.15) is 0 Å². The molecule has 5 nitrogen and oxygen atoms in total. The number of likely N-dealkylation sites (tertiary alicyclic amines) is 1. The molecule has 2 aromatic rings. The highest BCUT2D eigenvalue weighted by molar-refractivity contribution is 7.10. The molecule has 1 saturated carbocycles. The smallest absolute Gasteiger partial charge is 0.227 e. The molecule has 25 heavy (non-hydrogen) atoms. The molecule has 1 aliphatic heterocycles. The van der Waals surface area contributed by atoms with Crippen LogP contribution in [0.5, 0.6) is 0 Å². The second-order valence-electron chi connectivity index (χ2n) is 7.02. The fourth-order valence-corrected chi connectivity index (χ4v) is 4.46. The minimum atomic E-state index is 0.0180. The number of nitrogens with one attached hydrogen (secondary N) is 1. The van der Waals surface area contributed by atoms with Gasteiger partial charge in [0.05, 0.1) is 6.42 Å². The average molecular weight is 355 g/mol. The van der Waals surface area contributed by atoms with Gasteiger partial charge in [-0.05, 0) is 35.9 Å². The fourth-order valence-electron chi connectivity index (χ4n) is 3.77. The summed E-state index contributed by atoms with van der Waals surface area (Å²) in [5.74, 6) is 0.334. The van der Waals surface area contributed by atoms with Crippen LogP contribution in [0.1, 0.15) is 23.3 Å². The topological polar surface area (TPSA) is 62.3 Å². The van der Waals surface area contributed by atoms with Crippen LogP contribution in [0, 0.1) is 11.3 Å². The summed E-state index contributed by atoms with van der Waals surface area (Å²) in [6.07, 6.45) is 5.81. The Morgan fingerprint density at radius 3 is 3.04 bits per heavy atom. The van der Waals surface area contributed by atoms with Gasteiger partial charge in [-0.15, -0.1) is 11.3 Å². The van der Waals surface area contributed by atoms with Gasteiger partial charge < -0.3 is 10.2 Å². The molecule has 6 heteroatoms. The molecule has 4 rings (SSSR count). The molecular formula is C19H21N3O2S. The van der Waals surface area contributed by atoms with Crippen LogP contribution >= 0.6 is 11.3 Å². The molecular weight excluding hydrogens is 334 g/mol. The summed E-state index contributed by atoms with van der Waals surface area (Å²) in [5, 5.41) is 5.01. The number of hydrogen-bond donors (Lipinski definition) is 1. The van der Waals surface area contributed by atoms with Crippen molar-refractivity contribution >= 4 is 23.2 Å². The van der Waals surface area contributed by atoms with Gasteiger partial charge in [0, 0.05) is 48.2 Å². The zero-order valence-corrected chi connectivity index (χ0v) is 14.8. The van der Waals surface area contributed by atoms with E-state index in [4.69, 9.17) is 0 Å². The number of carbonyl (C=O) groups is 2. The van der Waals surface area contributed by atoms with Crippen LogP contribution in [0.4, 0.5) is 0 Å². The standard InChI is InChI=1S/C19H21N3O2S/c23-17(9-15-4-2-8-25-15)22-7-5-19(13-22)10-16(19)18(24)21-12-14-3-1-6-20-11-14/h1-4,6,8,11,16H,5,7,9-10,12-13H2,(H,21,24)/t16-,19-/m1/s1. The first-order valence-corrected chi connectivity index (χ1v) is 9.51. The number of carbonyl (C=O) groups excluding carboxylic acids is 2. The van der Waals surface area contributed by atoms with Crippen LogP contribution in [0.15, 0.2) is 42.0 Å². The van der Waals surface area contributed by atoms with E-state index in [1.165, 1.54) is 0 Å². The maximum Gasteiger partial charge on any atom is 0.227 e. The average Bonchev–Trinajstić information content (AvgIpc) is 2.96. The molecule has 0 radical (unpaired) electrons. The Hall–Kier alpha value is -2.21. The molecule has 0 unspecified atom stereocenters. The van der Waals surface area contributed by atoms with E-state index in [1.54, 1.807) is 23.7 Å². The van der Waals surface area contributed by atoms with Crippen LogP contribution < -0.4 is 5.32 Å². The summed E-state index contributed by atoms with van der Waals surface area (Å²) >= 11 is 1.62. The Morgan fingerprint density at radius 2 is 2.28 bits per heavy atom. The van der Waals surface area contributed by atoms with Crippen molar-refractivity contribution in [3.63, 3.8) is 0 Å². The highest BCUT2D eigenvalue weighted by atomic mass is 32.1. The van der Waals surface area contributed by atoms with Crippen molar-refractivity contribution < 1.29 is 9.59 Å². The van der Waals surface area contributed by atoms with E-state index in [0.29, 0.717) is 13.0 Å². The van der Waals surface area contributed by atoms with E-state index in [-0.39, 0.29) is 23.1 Å². The third-order valence-corrected chi connectivity index (χ3v) is 6.22. The molecule has 0 bridgehead atoms. The first-order valence-electron chi connectivity index (χ1n) is 8.63. The second kappa shape index (κ2) is 6.59. The summed E-state index contributed by atoms with van der Waals surface area (Å²) in [6.45, 7) is 2.01. The predicted molar refractivity (Wildman–Crippen MR) is 95.8 cm³/mol. The fraction of sp³-hybridized carbons (Fsp3) is 0.421. The van der Waals surface area contributed by atoms with E-state index in [9.17, 15) is 9.59 Å². The Balaban J connectivity index is 1.28. The van der Waals surface area contributed by atoms with Gasteiger partial charge in [0.2, 0.25) is 11.8 Å². The van der Waals surface area contributed by atoms with E-state index in [2.05, 4.69) is 10.3 Å². The van der Waals surface area contributed by atoms with Crippen LogP contribution in [-0.4, -0.2) is 34.8 Å². The van der Waals surface area contributed by atoms with Crippen LogP contribution in [0.2, 0.25) is 0 Å². The van der Waals surface area contributed by atoms with Crippen molar-refractivity contribution in [1.82, 2.24) is 15.2 Å². The van der Waals surface area contributed by atoms with Crippen LogP contribution in [0.25, 0.3) is 0 Å². The van der Waals surface area contributed by atoms with Crippen LogP contribution in [0.3, 0.4) is 0 Å². The molecule has 3 heterocycles. The largest absolute Gasteiger partial charge is 0.352 e. The lowest BCUT2D eigenvalue weighted by Gasteiger charge is -2.16. The van der Waals surface area contributed by atoms with Crippen molar-refractivity contribution in [2.75, 3.05) is 13.1 Å². The molecule has 2 atom stereocenters. The Morgan fingerprint density at radius 1 is 1.36 bits per heavy atom. The highest BCUT2D eigenvalue weighted by Gasteiger charge is 2.61. The summed E-state index contributed by atoms with van der Waals surface area (Å²) in [6, 6.07) is 7.80. The molecule has 1 aliphatic carbocycles. The minimum absolute atomic E-state index is 0.0180. The number of aromatic nitrogens is 1. The van der Waals surface area contributed by atoms with Gasteiger partial charge in [0.15, 0.2) is 0 Å². The summed E-state index contributed by atoms with van der Waals surface area (Å²) in [7, 11) is 0.